The molecule has 0 spiro atoms. The first-order chi connectivity index (χ1) is 24.6. The molecule has 276 valence electrons. The van der Waals surface area contributed by atoms with Crippen LogP contribution in [-0.2, 0) is 11.5 Å². The summed E-state index contributed by atoms with van der Waals surface area (Å²) in [5.41, 5.74) is 8.08. The van der Waals surface area contributed by atoms with Crippen LogP contribution in [0.15, 0.2) is 24.3 Å². The van der Waals surface area contributed by atoms with Crippen molar-refractivity contribution in [1.29, 1.82) is 0 Å². The predicted octanol–water partition coefficient (Wildman–Crippen LogP) is 14.5. The highest BCUT2D eigenvalue weighted by Gasteiger charge is 2.29. The fraction of sp³-hybridized carbons (Fsp3) is 0.739. The van der Waals surface area contributed by atoms with Crippen molar-refractivity contribution >= 4 is 23.5 Å². The van der Waals surface area contributed by atoms with Gasteiger partial charge >= 0.3 is 0 Å². The van der Waals surface area contributed by atoms with Crippen LogP contribution in [0.2, 0.25) is 0 Å². The minimum Gasteiger partial charge on any atom is -0.507 e. The second-order valence-electron chi connectivity index (χ2n) is 17.3. The zero-order chi connectivity index (χ0) is 34.1. The van der Waals surface area contributed by atoms with E-state index >= 15 is 0 Å². The number of phenolic OH excluding ortho intramolecular Hbond substituents is 2. The SMILES string of the molecule is Oc1c(CSC2CCCCCC[C@@H]2SCc2cc(C3CCCCC3)cc(C3CCCCC3)c2O)cc(C2CCCCC2)cc1C1CCCCC1. The maximum absolute atomic E-state index is 11.9. The lowest BCUT2D eigenvalue weighted by molar-refractivity contribution is 0.408. The average Bonchev–Trinajstić information content (AvgIpc) is 3.16. The summed E-state index contributed by atoms with van der Waals surface area (Å²) in [4.78, 5) is 0. The van der Waals surface area contributed by atoms with Crippen molar-refractivity contribution < 1.29 is 10.2 Å². The van der Waals surface area contributed by atoms with Gasteiger partial charge in [-0.2, -0.15) is 23.5 Å². The summed E-state index contributed by atoms with van der Waals surface area (Å²) in [6, 6.07) is 9.80. The summed E-state index contributed by atoms with van der Waals surface area (Å²) in [5.74, 6) is 5.57. The molecule has 0 amide bonds. The number of rotatable bonds is 10. The van der Waals surface area contributed by atoms with Crippen molar-refractivity contribution in [3.8, 4) is 11.5 Å². The second-order valence-corrected chi connectivity index (χ2v) is 19.7. The van der Waals surface area contributed by atoms with E-state index in [1.54, 1.807) is 0 Å². The average molecular weight is 717 g/mol. The number of thioether (sulfide) groups is 2. The molecule has 2 nitrogen and oxygen atoms in total. The van der Waals surface area contributed by atoms with Crippen LogP contribution in [0.3, 0.4) is 0 Å². The summed E-state index contributed by atoms with van der Waals surface area (Å²) in [5, 5.41) is 24.9. The normalized spacial score (nSPS) is 25.7. The van der Waals surface area contributed by atoms with Crippen molar-refractivity contribution in [3.63, 3.8) is 0 Å². The van der Waals surface area contributed by atoms with Crippen LogP contribution in [-0.4, -0.2) is 20.7 Å². The lowest BCUT2D eigenvalue weighted by Gasteiger charge is -2.31. The molecule has 2 N–H and O–H groups in total. The van der Waals surface area contributed by atoms with E-state index < -0.39 is 0 Å². The van der Waals surface area contributed by atoms with E-state index in [1.165, 1.54) is 200 Å². The van der Waals surface area contributed by atoms with Crippen molar-refractivity contribution in [1.82, 2.24) is 0 Å². The van der Waals surface area contributed by atoms with Crippen LogP contribution in [0.25, 0.3) is 0 Å². The molecule has 5 aliphatic rings. The van der Waals surface area contributed by atoms with E-state index in [0.717, 1.165) is 11.5 Å². The molecule has 4 heteroatoms. The number of phenols is 2. The topological polar surface area (TPSA) is 40.5 Å². The largest absolute Gasteiger partial charge is 0.507 e. The molecule has 0 bridgehead atoms. The Morgan fingerprint density at radius 3 is 1.04 bits per heavy atom. The Balaban J connectivity index is 1.10. The molecule has 0 aliphatic heterocycles. The summed E-state index contributed by atoms with van der Waals surface area (Å²) in [6.07, 6.45) is 34.3. The zero-order valence-electron chi connectivity index (χ0n) is 31.3. The van der Waals surface area contributed by atoms with Gasteiger partial charge < -0.3 is 10.2 Å². The minimum absolute atomic E-state index is 0.538. The predicted molar refractivity (Wildman–Crippen MR) is 217 cm³/mol. The molecule has 0 aromatic heterocycles. The van der Waals surface area contributed by atoms with Gasteiger partial charge in [0.15, 0.2) is 0 Å². The number of aromatic hydroxyl groups is 2. The van der Waals surface area contributed by atoms with Crippen LogP contribution >= 0.6 is 23.5 Å². The zero-order valence-corrected chi connectivity index (χ0v) is 32.9. The second kappa shape index (κ2) is 18.7. The van der Waals surface area contributed by atoms with E-state index in [1.807, 2.05) is 0 Å². The molecule has 2 atom stereocenters. The summed E-state index contributed by atoms with van der Waals surface area (Å²) < 4.78 is 0. The van der Waals surface area contributed by atoms with Crippen LogP contribution in [0.4, 0.5) is 0 Å². The molecular formula is C46H68O2S2. The van der Waals surface area contributed by atoms with Gasteiger partial charge in [0, 0.05) is 33.1 Å². The molecule has 2 aromatic rings. The van der Waals surface area contributed by atoms with Crippen LogP contribution in [0.1, 0.15) is 224 Å². The van der Waals surface area contributed by atoms with Gasteiger partial charge in [-0.25, -0.2) is 0 Å². The van der Waals surface area contributed by atoms with Gasteiger partial charge in [-0.05, 0) is 110 Å². The molecule has 0 heterocycles. The smallest absolute Gasteiger partial charge is 0.123 e. The van der Waals surface area contributed by atoms with Crippen LogP contribution in [0, 0.1) is 0 Å². The Morgan fingerprint density at radius 1 is 0.380 bits per heavy atom. The first-order valence-electron chi connectivity index (χ1n) is 21.6. The maximum Gasteiger partial charge on any atom is 0.123 e. The van der Waals surface area contributed by atoms with E-state index in [9.17, 15) is 10.2 Å². The van der Waals surface area contributed by atoms with Gasteiger partial charge in [-0.1, -0.05) is 127 Å². The first kappa shape index (κ1) is 37.1. The van der Waals surface area contributed by atoms with E-state index in [2.05, 4.69) is 47.8 Å². The van der Waals surface area contributed by atoms with Gasteiger partial charge in [-0.15, -0.1) is 0 Å². The summed E-state index contributed by atoms with van der Waals surface area (Å²) in [6.45, 7) is 0. The molecule has 7 rings (SSSR count). The van der Waals surface area contributed by atoms with Crippen molar-refractivity contribution in [2.24, 2.45) is 0 Å². The van der Waals surface area contributed by atoms with Gasteiger partial charge in [0.25, 0.3) is 0 Å². The van der Waals surface area contributed by atoms with Crippen LogP contribution in [0.5, 0.6) is 11.5 Å². The Morgan fingerprint density at radius 2 is 0.680 bits per heavy atom. The lowest BCUT2D eigenvalue weighted by atomic mass is 9.79. The van der Waals surface area contributed by atoms with E-state index in [-0.39, 0.29) is 0 Å². The van der Waals surface area contributed by atoms with Gasteiger partial charge in [0.2, 0.25) is 0 Å². The number of hydrogen-bond donors (Lipinski definition) is 2. The van der Waals surface area contributed by atoms with Crippen molar-refractivity contribution in [2.75, 3.05) is 0 Å². The van der Waals surface area contributed by atoms with E-state index in [0.29, 0.717) is 45.7 Å². The van der Waals surface area contributed by atoms with Crippen molar-refractivity contribution in [3.05, 3.63) is 57.6 Å². The monoisotopic (exact) mass is 716 g/mol. The fourth-order valence-corrected chi connectivity index (χ4v) is 13.8. The Bertz CT molecular complexity index is 1240. The molecule has 2 aromatic carbocycles. The highest BCUT2D eigenvalue weighted by atomic mass is 32.2. The van der Waals surface area contributed by atoms with E-state index in [4.69, 9.17) is 0 Å². The molecule has 5 aliphatic carbocycles. The molecule has 5 fully saturated rings. The Labute approximate surface area is 314 Å². The Hall–Kier alpha value is -1.26. The minimum atomic E-state index is 0.538. The maximum atomic E-state index is 11.9. The molecule has 0 radical (unpaired) electrons. The summed E-state index contributed by atoms with van der Waals surface area (Å²) >= 11 is 4.31. The lowest BCUT2D eigenvalue weighted by Crippen LogP contribution is -2.22. The Kier molecular flexibility index (Phi) is 13.8. The molecule has 0 saturated heterocycles. The molecule has 50 heavy (non-hydrogen) atoms. The van der Waals surface area contributed by atoms with Gasteiger partial charge in [0.05, 0.1) is 0 Å². The summed E-state index contributed by atoms with van der Waals surface area (Å²) in [7, 11) is 0. The fourth-order valence-electron chi connectivity index (χ4n) is 10.7. The number of benzene rings is 2. The molecule has 1 unspecified atom stereocenters. The third-order valence-corrected chi connectivity index (χ3v) is 16.9. The van der Waals surface area contributed by atoms with Gasteiger partial charge in [-0.3, -0.25) is 0 Å². The molecule has 5 saturated carbocycles. The highest BCUT2D eigenvalue weighted by Crippen LogP contribution is 2.47. The van der Waals surface area contributed by atoms with Gasteiger partial charge in [0.1, 0.15) is 11.5 Å². The quantitative estimate of drug-likeness (QED) is 0.257. The standard InChI is InChI=1S/C46H68O2S2/c47-45-39(27-37(33-17-7-3-8-18-33)29-41(45)35-21-11-5-12-22-35)31-49-43-25-15-1-2-16-26-44(43)50-32-40-28-38(34-19-9-4-10-20-34)30-42(46(40)48)36-23-13-6-14-24-36/h27-30,33-36,43-44,47-48H,1-26,31-32H2/t43-,44?/m0/s1. The third-order valence-electron chi connectivity index (χ3n) is 13.8. The van der Waals surface area contributed by atoms with Crippen molar-refractivity contribution in [2.45, 2.75) is 213 Å². The number of hydrogen-bond acceptors (Lipinski definition) is 4. The van der Waals surface area contributed by atoms with Crippen LogP contribution < -0.4 is 0 Å². The third kappa shape index (κ3) is 9.45. The first-order valence-corrected chi connectivity index (χ1v) is 23.7. The highest BCUT2D eigenvalue weighted by molar-refractivity contribution is 8.03. The molecular weight excluding hydrogens is 649 g/mol.